The van der Waals surface area contributed by atoms with Crippen LogP contribution in [0.1, 0.15) is 6.92 Å². The number of hydrogen-bond acceptors (Lipinski definition) is 7. The fraction of sp³-hybridized carbons (Fsp3) is 0.273. The highest BCUT2D eigenvalue weighted by Crippen LogP contribution is 2.29. The number of nitrogens with one attached hydrogen (secondary N) is 2. The fourth-order valence-electron chi connectivity index (χ4n) is 3.24. The van der Waals surface area contributed by atoms with Crippen LogP contribution in [0.3, 0.4) is 0 Å². The van der Waals surface area contributed by atoms with Crippen LogP contribution in [0.15, 0.2) is 46.9 Å². The second-order valence-electron chi connectivity index (χ2n) is 7.12. The van der Waals surface area contributed by atoms with Gasteiger partial charge in [-0.05, 0) is 59.3 Å². The van der Waals surface area contributed by atoms with Crippen molar-refractivity contribution in [1.82, 2.24) is 24.9 Å². The van der Waals surface area contributed by atoms with Gasteiger partial charge in [0.15, 0.2) is 11.5 Å². The van der Waals surface area contributed by atoms with Crippen LogP contribution in [0.5, 0.6) is 5.75 Å². The van der Waals surface area contributed by atoms with Gasteiger partial charge in [-0.25, -0.2) is 9.97 Å². The zero-order chi connectivity index (χ0) is 22.7. The van der Waals surface area contributed by atoms with E-state index in [0.717, 1.165) is 26.7 Å². The first-order valence-electron chi connectivity index (χ1n) is 10.0. The number of halogens is 1. The molecule has 1 atom stereocenters. The number of benzene rings is 2. The largest absolute Gasteiger partial charge is 0.497 e. The van der Waals surface area contributed by atoms with Gasteiger partial charge < -0.3 is 20.1 Å². The molecule has 0 aliphatic heterocycles. The van der Waals surface area contributed by atoms with Crippen molar-refractivity contribution >= 4 is 44.3 Å². The summed E-state index contributed by atoms with van der Waals surface area (Å²) in [5, 5.41) is 11.5. The lowest BCUT2D eigenvalue weighted by Gasteiger charge is -2.15. The number of methoxy groups -OCH3 is 2. The van der Waals surface area contributed by atoms with Crippen LogP contribution in [0, 0.1) is 0 Å². The molecule has 0 bridgehead atoms. The Morgan fingerprint density at radius 1 is 1.16 bits per heavy atom. The van der Waals surface area contributed by atoms with Crippen LogP contribution in [0.2, 0.25) is 0 Å². The van der Waals surface area contributed by atoms with Crippen LogP contribution in [0.4, 0.5) is 5.95 Å². The van der Waals surface area contributed by atoms with Gasteiger partial charge in [-0.3, -0.25) is 4.79 Å². The highest BCUT2D eigenvalue weighted by molar-refractivity contribution is 9.10. The van der Waals surface area contributed by atoms with E-state index in [9.17, 15) is 4.79 Å². The minimum absolute atomic E-state index is 0.167. The van der Waals surface area contributed by atoms with E-state index in [1.54, 1.807) is 25.7 Å². The molecule has 2 aromatic carbocycles. The molecule has 0 aliphatic rings. The Hall–Kier alpha value is -3.24. The SMILES string of the molecule is COCCNC(=O)[C@@H](C)Nc1nc2c(Br)cccc2c2nc(-c3ccc(OC)cc3)nn12. The zero-order valence-electron chi connectivity index (χ0n) is 17.9. The van der Waals surface area contributed by atoms with Gasteiger partial charge in [0.25, 0.3) is 0 Å². The smallest absolute Gasteiger partial charge is 0.242 e. The Morgan fingerprint density at radius 3 is 2.66 bits per heavy atom. The molecule has 2 aromatic heterocycles. The van der Waals surface area contributed by atoms with Gasteiger partial charge in [0.05, 0.1) is 19.2 Å². The zero-order valence-corrected chi connectivity index (χ0v) is 19.5. The molecule has 0 fully saturated rings. The van der Waals surface area contributed by atoms with Crippen LogP contribution < -0.4 is 15.4 Å². The summed E-state index contributed by atoms with van der Waals surface area (Å²) >= 11 is 3.57. The summed E-state index contributed by atoms with van der Waals surface area (Å²) in [6.45, 7) is 2.64. The van der Waals surface area contributed by atoms with E-state index in [2.05, 4.69) is 31.7 Å². The standard InChI is InChI=1S/C22H23BrN6O3/c1-13(21(30)24-11-12-31-2)25-22-26-18-16(5-4-6-17(18)23)20-27-19(28-29(20)22)14-7-9-15(32-3)10-8-14/h4-10,13H,11-12H2,1-3H3,(H,24,30)(H,25,26)/t13-/m1/s1. The minimum atomic E-state index is -0.545. The molecule has 10 heteroatoms. The average Bonchev–Trinajstić information content (AvgIpc) is 3.26. The maximum absolute atomic E-state index is 12.5. The molecule has 32 heavy (non-hydrogen) atoms. The van der Waals surface area contributed by atoms with Gasteiger partial charge >= 0.3 is 0 Å². The van der Waals surface area contributed by atoms with Crippen molar-refractivity contribution in [2.75, 3.05) is 32.7 Å². The van der Waals surface area contributed by atoms with E-state index >= 15 is 0 Å². The summed E-state index contributed by atoms with van der Waals surface area (Å²) in [5.74, 6) is 1.55. The Balaban J connectivity index is 1.77. The van der Waals surface area contributed by atoms with Gasteiger partial charge in [-0.2, -0.15) is 4.52 Å². The van der Waals surface area contributed by atoms with Crippen molar-refractivity contribution in [1.29, 1.82) is 0 Å². The minimum Gasteiger partial charge on any atom is -0.497 e. The quantitative estimate of drug-likeness (QED) is 0.359. The third-order valence-electron chi connectivity index (χ3n) is 4.95. The molecule has 0 aliphatic carbocycles. The van der Waals surface area contributed by atoms with Crippen LogP contribution in [-0.2, 0) is 9.53 Å². The molecule has 0 unspecified atom stereocenters. The number of aromatic nitrogens is 4. The van der Waals surface area contributed by atoms with Gasteiger partial charge in [-0.15, -0.1) is 5.10 Å². The summed E-state index contributed by atoms with van der Waals surface area (Å²) in [4.78, 5) is 22.0. The number of fused-ring (bicyclic) bond motifs is 3. The highest BCUT2D eigenvalue weighted by Gasteiger charge is 2.19. The monoisotopic (exact) mass is 498 g/mol. The first-order chi connectivity index (χ1) is 15.5. The molecule has 4 rings (SSSR count). The van der Waals surface area contributed by atoms with Crippen molar-refractivity contribution in [2.45, 2.75) is 13.0 Å². The van der Waals surface area contributed by atoms with Crippen molar-refractivity contribution in [3.05, 3.63) is 46.9 Å². The van der Waals surface area contributed by atoms with Crippen molar-refractivity contribution < 1.29 is 14.3 Å². The van der Waals surface area contributed by atoms with Crippen molar-refractivity contribution in [3.63, 3.8) is 0 Å². The first-order valence-corrected chi connectivity index (χ1v) is 10.8. The summed E-state index contributed by atoms with van der Waals surface area (Å²) in [6.07, 6.45) is 0. The molecule has 0 saturated heterocycles. The summed E-state index contributed by atoms with van der Waals surface area (Å²) in [5.41, 5.74) is 2.20. The normalized spacial score (nSPS) is 12.1. The molecular formula is C22H23BrN6O3. The number of anilines is 1. The highest BCUT2D eigenvalue weighted by atomic mass is 79.9. The number of hydrogen-bond donors (Lipinski definition) is 2. The average molecular weight is 499 g/mol. The molecule has 2 N–H and O–H groups in total. The van der Waals surface area contributed by atoms with Crippen molar-refractivity contribution in [3.8, 4) is 17.1 Å². The number of carbonyl (C=O) groups is 1. The fourth-order valence-corrected chi connectivity index (χ4v) is 3.70. The summed E-state index contributed by atoms with van der Waals surface area (Å²) in [6, 6.07) is 12.8. The van der Waals surface area contributed by atoms with E-state index < -0.39 is 6.04 Å². The third kappa shape index (κ3) is 4.37. The molecule has 0 spiro atoms. The topological polar surface area (TPSA) is 103 Å². The number of rotatable bonds is 8. The maximum atomic E-state index is 12.5. The second kappa shape index (κ2) is 9.49. The predicted molar refractivity (Wildman–Crippen MR) is 126 cm³/mol. The number of para-hydroxylation sites is 1. The molecule has 4 aromatic rings. The number of amides is 1. The molecule has 9 nitrogen and oxygen atoms in total. The summed E-state index contributed by atoms with van der Waals surface area (Å²) < 4.78 is 12.7. The van der Waals surface area contributed by atoms with Crippen LogP contribution >= 0.6 is 15.9 Å². The Kier molecular flexibility index (Phi) is 6.52. The molecule has 1 amide bonds. The molecular weight excluding hydrogens is 476 g/mol. The van der Waals surface area contributed by atoms with E-state index in [0.29, 0.717) is 30.6 Å². The molecule has 2 heterocycles. The van der Waals surface area contributed by atoms with Crippen LogP contribution in [-0.4, -0.2) is 58.9 Å². The summed E-state index contributed by atoms with van der Waals surface area (Å²) in [7, 11) is 3.21. The molecule has 0 saturated carbocycles. The van der Waals surface area contributed by atoms with E-state index in [-0.39, 0.29) is 5.91 Å². The Labute approximate surface area is 193 Å². The number of ether oxygens (including phenoxy) is 2. The van der Waals surface area contributed by atoms with Crippen molar-refractivity contribution in [2.24, 2.45) is 0 Å². The number of carbonyl (C=O) groups excluding carboxylic acids is 1. The maximum Gasteiger partial charge on any atom is 0.242 e. The van der Waals surface area contributed by atoms with Gasteiger partial charge in [-0.1, -0.05) is 6.07 Å². The van der Waals surface area contributed by atoms with E-state index in [1.807, 2.05) is 42.5 Å². The second-order valence-corrected chi connectivity index (χ2v) is 7.97. The van der Waals surface area contributed by atoms with E-state index in [4.69, 9.17) is 19.4 Å². The van der Waals surface area contributed by atoms with Crippen LogP contribution in [0.25, 0.3) is 27.9 Å². The lowest BCUT2D eigenvalue weighted by molar-refractivity contribution is -0.121. The van der Waals surface area contributed by atoms with Gasteiger partial charge in [0.1, 0.15) is 11.8 Å². The van der Waals surface area contributed by atoms with Gasteiger partial charge in [0.2, 0.25) is 11.9 Å². The lowest BCUT2D eigenvalue weighted by atomic mass is 10.2. The first kappa shape index (κ1) is 22.0. The lowest BCUT2D eigenvalue weighted by Crippen LogP contribution is -2.39. The predicted octanol–water partition coefficient (Wildman–Crippen LogP) is 3.28. The Morgan fingerprint density at radius 2 is 1.94 bits per heavy atom. The van der Waals surface area contributed by atoms with E-state index in [1.165, 1.54) is 0 Å². The Bertz CT molecular complexity index is 1260. The van der Waals surface area contributed by atoms with Gasteiger partial charge in [0, 0.05) is 29.1 Å². The molecule has 166 valence electrons. The number of nitrogens with zero attached hydrogens (tertiary/aromatic N) is 4. The molecule has 0 radical (unpaired) electrons. The third-order valence-corrected chi connectivity index (χ3v) is 5.59.